The quantitative estimate of drug-likeness (QED) is 0.895. The third kappa shape index (κ3) is 3.99. The van der Waals surface area contributed by atoms with Crippen LogP contribution < -0.4 is 10.1 Å². The lowest BCUT2D eigenvalue weighted by Crippen LogP contribution is -2.36. The van der Waals surface area contributed by atoms with Gasteiger partial charge in [-0.05, 0) is 18.6 Å². The second-order valence-corrected chi connectivity index (χ2v) is 6.13. The molecule has 2 heterocycles. The Kier molecular flexibility index (Phi) is 5.02. The highest BCUT2D eigenvalue weighted by molar-refractivity contribution is 5.89. The predicted octanol–water partition coefficient (Wildman–Crippen LogP) is 3.12. The highest BCUT2D eigenvalue weighted by Crippen LogP contribution is 2.27. The normalized spacial score (nSPS) is 14.9. The molecule has 7 nitrogen and oxygen atoms in total. The van der Waals surface area contributed by atoms with Crippen molar-refractivity contribution >= 4 is 11.7 Å². The van der Waals surface area contributed by atoms with Gasteiger partial charge >= 0.3 is 6.03 Å². The molecule has 0 aliphatic carbocycles. The van der Waals surface area contributed by atoms with Crippen LogP contribution in [0.15, 0.2) is 30.6 Å². The molecule has 3 rings (SSSR count). The zero-order valence-corrected chi connectivity index (χ0v) is 14.4. The van der Waals surface area contributed by atoms with Gasteiger partial charge in [-0.2, -0.15) is 0 Å². The van der Waals surface area contributed by atoms with E-state index in [4.69, 9.17) is 4.74 Å². The van der Waals surface area contributed by atoms with Crippen molar-refractivity contribution in [3.05, 3.63) is 42.0 Å². The van der Waals surface area contributed by atoms with Crippen molar-refractivity contribution in [3.8, 4) is 11.5 Å². The minimum Gasteiger partial charge on any atom is -0.508 e. The van der Waals surface area contributed by atoms with Crippen molar-refractivity contribution in [2.24, 2.45) is 0 Å². The van der Waals surface area contributed by atoms with E-state index in [1.165, 1.54) is 0 Å². The van der Waals surface area contributed by atoms with E-state index < -0.39 is 0 Å². The molecule has 0 fully saturated rings. The molecule has 0 spiro atoms. The molecule has 132 valence electrons. The summed E-state index contributed by atoms with van der Waals surface area (Å²) in [6.45, 7) is 5.39. The van der Waals surface area contributed by atoms with Gasteiger partial charge in [0.05, 0.1) is 31.2 Å². The molecular formula is C18H22N4O3. The molecule has 1 aromatic heterocycles. The molecule has 2 N–H and O–H groups in total. The fourth-order valence-electron chi connectivity index (χ4n) is 2.57. The average Bonchev–Trinajstić information content (AvgIpc) is 2.83. The van der Waals surface area contributed by atoms with Crippen molar-refractivity contribution < 1.29 is 14.6 Å². The highest BCUT2D eigenvalue weighted by atomic mass is 16.5. The number of hydrogen-bond donors (Lipinski definition) is 2. The lowest BCUT2D eigenvalue weighted by Gasteiger charge is -2.20. The molecular weight excluding hydrogens is 320 g/mol. The Balaban J connectivity index is 1.67. The number of aromatic nitrogens is 2. The molecule has 2 aromatic rings. The molecule has 0 unspecified atom stereocenters. The van der Waals surface area contributed by atoms with Crippen LogP contribution in [-0.2, 0) is 6.54 Å². The summed E-state index contributed by atoms with van der Waals surface area (Å²) in [6.07, 6.45) is 4.23. The molecule has 1 aliphatic rings. The van der Waals surface area contributed by atoms with Crippen LogP contribution in [0.1, 0.15) is 37.6 Å². The fraction of sp³-hybridized carbons (Fsp3) is 0.389. The van der Waals surface area contributed by atoms with Gasteiger partial charge in [0.15, 0.2) is 0 Å². The van der Waals surface area contributed by atoms with E-state index in [9.17, 15) is 9.90 Å². The third-order valence-electron chi connectivity index (χ3n) is 4.29. The van der Waals surface area contributed by atoms with Crippen LogP contribution in [0.4, 0.5) is 10.5 Å². The molecule has 25 heavy (non-hydrogen) atoms. The third-order valence-corrected chi connectivity index (χ3v) is 4.29. The first-order chi connectivity index (χ1) is 12.1. The summed E-state index contributed by atoms with van der Waals surface area (Å²) in [5, 5.41) is 12.4. The molecule has 1 aliphatic heterocycles. The van der Waals surface area contributed by atoms with Crippen molar-refractivity contribution in [3.63, 3.8) is 0 Å². The van der Waals surface area contributed by atoms with Gasteiger partial charge in [0.1, 0.15) is 23.9 Å². The Bertz CT molecular complexity index is 748. The van der Waals surface area contributed by atoms with Gasteiger partial charge in [-0.25, -0.2) is 14.8 Å². The molecule has 0 saturated heterocycles. The maximum atomic E-state index is 12.5. The fourth-order valence-corrected chi connectivity index (χ4v) is 2.57. The summed E-state index contributed by atoms with van der Waals surface area (Å²) in [7, 11) is 0. The van der Waals surface area contributed by atoms with E-state index in [1.54, 1.807) is 35.5 Å². The second-order valence-electron chi connectivity index (χ2n) is 6.13. The Labute approximate surface area is 146 Å². The zero-order valence-electron chi connectivity index (χ0n) is 14.4. The van der Waals surface area contributed by atoms with Crippen LogP contribution >= 0.6 is 0 Å². The van der Waals surface area contributed by atoms with Crippen molar-refractivity contribution in [1.29, 1.82) is 0 Å². The van der Waals surface area contributed by atoms with Crippen LogP contribution in [0.2, 0.25) is 0 Å². The van der Waals surface area contributed by atoms with Gasteiger partial charge in [-0.1, -0.05) is 13.8 Å². The number of phenolic OH excluding ortho intramolecular Hbond substituents is 1. The first kappa shape index (κ1) is 17.0. The van der Waals surface area contributed by atoms with E-state index in [1.807, 2.05) is 0 Å². The summed E-state index contributed by atoms with van der Waals surface area (Å²) < 4.78 is 5.61. The van der Waals surface area contributed by atoms with Gasteiger partial charge in [0.25, 0.3) is 0 Å². The summed E-state index contributed by atoms with van der Waals surface area (Å²) in [6, 6.07) is 4.69. The van der Waals surface area contributed by atoms with E-state index >= 15 is 0 Å². The SMILES string of the molecule is CC[C@H](C)c1ncc(NC(=O)N2CCOc3cc(O)ccc3C2)cn1. The molecule has 1 atom stereocenters. The standard InChI is InChI=1S/C18H22N4O3/c1-3-12(2)17-19-9-14(10-20-17)21-18(24)22-6-7-25-16-8-15(23)5-4-13(16)11-22/h4-5,8-10,12,23H,3,6-7,11H2,1-2H3,(H,21,24)/t12-/m0/s1. The number of nitrogens with zero attached hydrogens (tertiary/aromatic N) is 3. The Morgan fingerprint density at radius 2 is 2.16 bits per heavy atom. The van der Waals surface area contributed by atoms with Crippen LogP contribution in [-0.4, -0.2) is 39.2 Å². The number of hydrogen-bond acceptors (Lipinski definition) is 5. The van der Waals surface area contributed by atoms with Gasteiger partial charge in [-0.15, -0.1) is 0 Å². The number of carbonyl (C=O) groups is 1. The Morgan fingerprint density at radius 3 is 2.88 bits per heavy atom. The Morgan fingerprint density at radius 1 is 1.40 bits per heavy atom. The monoisotopic (exact) mass is 342 g/mol. The number of anilines is 1. The zero-order chi connectivity index (χ0) is 17.8. The van der Waals surface area contributed by atoms with Crippen LogP contribution in [0, 0.1) is 0 Å². The largest absolute Gasteiger partial charge is 0.508 e. The first-order valence-electron chi connectivity index (χ1n) is 8.39. The molecule has 2 amide bonds. The van der Waals surface area contributed by atoms with E-state index in [-0.39, 0.29) is 11.8 Å². The number of benzene rings is 1. The molecule has 0 bridgehead atoms. The number of carbonyl (C=O) groups excluding carboxylic acids is 1. The van der Waals surface area contributed by atoms with Crippen molar-refractivity contribution in [2.75, 3.05) is 18.5 Å². The highest BCUT2D eigenvalue weighted by Gasteiger charge is 2.20. The van der Waals surface area contributed by atoms with Crippen LogP contribution in [0.3, 0.4) is 0 Å². The average molecular weight is 342 g/mol. The van der Waals surface area contributed by atoms with Crippen LogP contribution in [0.25, 0.3) is 0 Å². The number of aromatic hydroxyl groups is 1. The molecule has 0 saturated carbocycles. The van der Waals surface area contributed by atoms with Crippen LogP contribution in [0.5, 0.6) is 11.5 Å². The summed E-state index contributed by atoms with van der Waals surface area (Å²) in [5.41, 5.74) is 1.42. The lowest BCUT2D eigenvalue weighted by molar-refractivity contribution is 0.200. The number of rotatable bonds is 3. The summed E-state index contributed by atoms with van der Waals surface area (Å²) >= 11 is 0. The number of phenols is 1. The smallest absolute Gasteiger partial charge is 0.322 e. The lowest BCUT2D eigenvalue weighted by atomic mass is 10.1. The second kappa shape index (κ2) is 7.38. The maximum absolute atomic E-state index is 12.5. The first-order valence-corrected chi connectivity index (χ1v) is 8.39. The number of amides is 2. The maximum Gasteiger partial charge on any atom is 0.322 e. The molecule has 1 aromatic carbocycles. The number of fused-ring (bicyclic) bond motifs is 1. The topological polar surface area (TPSA) is 87.6 Å². The minimum atomic E-state index is -0.232. The number of ether oxygens (including phenoxy) is 1. The van der Waals surface area contributed by atoms with Gasteiger partial charge in [-0.3, -0.25) is 0 Å². The minimum absolute atomic E-state index is 0.148. The van der Waals surface area contributed by atoms with Gasteiger partial charge in [0, 0.05) is 17.5 Å². The predicted molar refractivity (Wildman–Crippen MR) is 93.8 cm³/mol. The van der Waals surface area contributed by atoms with Gasteiger partial charge in [0.2, 0.25) is 0 Å². The number of nitrogens with one attached hydrogen (secondary N) is 1. The van der Waals surface area contributed by atoms with Crippen molar-refractivity contribution in [1.82, 2.24) is 14.9 Å². The summed E-state index contributed by atoms with van der Waals surface area (Å²) in [5.74, 6) is 1.82. The number of urea groups is 1. The van der Waals surface area contributed by atoms with E-state index in [2.05, 4.69) is 29.1 Å². The summed E-state index contributed by atoms with van der Waals surface area (Å²) in [4.78, 5) is 22.8. The molecule has 7 heteroatoms. The van der Waals surface area contributed by atoms with Crippen molar-refractivity contribution in [2.45, 2.75) is 32.7 Å². The molecule has 0 radical (unpaired) electrons. The Hall–Kier alpha value is -2.83. The van der Waals surface area contributed by atoms with E-state index in [0.717, 1.165) is 17.8 Å². The van der Waals surface area contributed by atoms with E-state index in [0.29, 0.717) is 37.1 Å². The van der Waals surface area contributed by atoms with Gasteiger partial charge < -0.3 is 20.1 Å².